The molecule has 0 aromatic heterocycles. The molecule has 0 aromatic carbocycles. The third-order valence-corrected chi connectivity index (χ3v) is 5.53. The van der Waals surface area contributed by atoms with Gasteiger partial charge in [0.15, 0.2) is 0 Å². The van der Waals surface area contributed by atoms with E-state index in [9.17, 15) is 4.79 Å². The average molecular weight is 302 g/mol. The van der Waals surface area contributed by atoms with Crippen molar-refractivity contribution in [1.82, 2.24) is 5.32 Å². The van der Waals surface area contributed by atoms with Gasteiger partial charge in [0.05, 0.1) is 0 Å². The second-order valence-electron chi connectivity index (χ2n) is 5.72. The lowest BCUT2D eigenvalue weighted by Gasteiger charge is -2.21. The zero-order valence-electron chi connectivity index (χ0n) is 10.6. The van der Waals surface area contributed by atoms with Crippen LogP contribution < -0.4 is 5.32 Å². The van der Waals surface area contributed by atoms with Gasteiger partial charge in [0.25, 0.3) is 0 Å². The van der Waals surface area contributed by atoms with Crippen LogP contribution in [0.5, 0.6) is 0 Å². The lowest BCUT2D eigenvalue weighted by atomic mass is 9.87. The fraction of sp³-hybridized carbons (Fsp3) is 0.929. The van der Waals surface area contributed by atoms with Gasteiger partial charge in [0.2, 0.25) is 5.91 Å². The van der Waals surface area contributed by atoms with Crippen LogP contribution in [0, 0.1) is 11.8 Å². The Balaban J connectivity index is 1.63. The minimum Gasteiger partial charge on any atom is -0.356 e. The molecule has 0 aliphatic heterocycles. The summed E-state index contributed by atoms with van der Waals surface area (Å²) in [6.07, 6.45) is 11.1. The fourth-order valence-electron chi connectivity index (χ4n) is 3.19. The molecule has 2 aliphatic carbocycles. The standard InChI is InChI=1S/C14H24BrNO/c15-13-8-4-7-12(13)10-16-14(17)9-11-5-2-1-3-6-11/h11-13H,1-10H2,(H,16,17). The highest BCUT2D eigenvalue weighted by Gasteiger charge is 2.25. The first-order chi connectivity index (χ1) is 8.25. The van der Waals surface area contributed by atoms with E-state index < -0.39 is 0 Å². The highest BCUT2D eigenvalue weighted by Crippen LogP contribution is 2.31. The van der Waals surface area contributed by atoms with Gasteiger partial charge in [-0.15, -0.1) is 0 Å². The first-order valence-electron chi connectivity index (χ1n) is 7.16. The van der Waals surface area contributed by atoms with Crippen LogP contribution in [0.1, 0.15) is 57.8 Å². The van der Waals surface area contributed by atoms with Crippen molar-refractivity contribution in [3.8, 4) is 0 Å². The second-order valence-corrected chi connectivity index (χ2v) is 6.90. The number of carbonyl (C=O) groups excluding carboxylic acids is 1. The second kappa shape index (κ2) is 6.77. The van der Waals surface area contributed by atoms with Crippen molar-refractivity contribution in [2.75, 3.05) is 6.54 Å². The van der Waals surface area contributed by atoms with Crippen molar-refractivity contribution >= 4 is 21.8 Å². The molecule has 98 valence electrons. The first-order valence-corrected chi connectivity index (χ1v) is 8.08. The number of hydrogen-bond acceptors (Lipinski definition) is 1. The van der Waals surface area contributed by atoms with Crippen LogP contribution in [0.2, 0.25) is 0 Å². The predicted molar refractivity (Wildman–Crippen MR) is 74.3 cm³/mol. The van der Waals surface area contributed by atoms with Crippen molar-refractivity contribution in [2.45, 2.75) is 62.6 Å². The van der Waals surface area contributed by atoms with E-state index in [2.05, 4.69) is 21.2 Å². The SMILES string of the molecule is O=C(CC1CCCCC1)NCC1CCCC1Br. The van der Waals surface area contributed by atoms with E-state index in [4.69, 9.17) is 0 Å². The molecule has 17 heavy (non-hydrogen) atoms. The third kappa shape index (κ3) is 4.27. The number of rotatable bonds is 4. The molecule has 2 unspecified atom stereocenters. The molecule has 0 aromatic rings. The van der Waals surface area contributed by atoms with Gasteiger partial charge in [-0.25, -0.2) is 0 Å². The molecule has 0 heterocycles. The molecule has 2 fully saturated rings. The molecule has 1 amide bonds. The fourth-order valence-corrected chi connectivity index (χ4v) is 3.97. The number of hydrogen-bond donors (Lipinski definition) is 1. The van der Waals surface area contributed by atoms with E-state index in [0.717, 1.165) is 13.0 Å². The summed E-state index contributed by atoms with van der Waals surface area (Å²) in [5.41, 5.74) is 0. The number of carbonyl (C=O) groups is 1. The summed E-state index contributed by atoms with van der Waals surface area (Å²) >= 11 is 3.70. The van der Waals surface area contributed by atoms with Gasteiger partial charge < -0.3 is 5.32 Å². The maximum Gasteiger partial charge on any atom is 0.220 e. The topological polar surface area (TPSA) is 29.1 Å². The predicted octanol–water partition coefficient (Wildman–Crippen LogP) is 3.64. The highest BCUT2D eigenvalue weighted by atomic mass is 79.9. The maximum absolute atomic E-state index is 11.8. The van der Waals surface area contributed by atoms with Crippen LogP contribution in [0.4, 0.5) is 0 Å². The van der Waals surface area contributed by atoms with Gasteiger partial charge in [0.1, 0.15) is 0 Å². The zero-order chi connectivity index (χ0) is 12.1. The molecule has 0 bridgehead atoms. The molecule has 3 heteroatoms. The number of nitrogens with one attached hydrogen (secondary N) is 1. The zero-order valence-corrected chi connectivity index (χ0v) is 12.2. The Morgan fingerprint density at radius 3 is 2.47 bits per heavy atom. The monoisotopic (exact) mass is 301 g/mol. The summed E-state index contributed by atoms with van der Waals surface area (Å²) < 4.78 is 0. The van der Waals surface area contributed by atoms with Crippen molar-refractivity contribution in [2.24, 2.45) is 11.8 Å². The Labute approximate surface area is 113 Å². The van der Waals surface area contributed by atoms with Crippen LogP contribution in [0.25, 0.3) is 0 Å². The van der Waals surface area contributed by atoms with E-state index in [1.165, 1.54) is 51.4 Å². The Morgan fingerprint density at radius 2 is 1.82 bits per heavy atom. The summed E-state index contributed by atoms with van der Waals surface area (Å²) in [6, 6.07) is 0. The molecule has 0 saturated heterocycles. The van der Waals surface area contributed by atoms with E-state index in [1.807, 2.05) is 0 Å². The minimum absolute atomic E-state index is 0.281. The van der Waals surface area contributed by atoms with Crippen molar-refractivity contribution in [1.29, 1.82) is 0 Å². The molecule has 2 saturated carbocycles. The summed E-state index contributed by atoms with van der Waals surface area (Å²) in [5.74, 6) is 1.60. The van der Waals surface area contributed by atoms with Gasteiger partial charge in [-0.1, -0.05) is 41.6 Å². The number of halogens is 1. The van der Waals surface area contributed by atoms with E-state index in [0.29, 0.717) is 16.7 Å². The molecular formula is C14H24BrNO. The molecule has 2 aliphatic rings. The van der Waals surface area contributed by atoms with Gasteiger partial charge in [-0.05, 0) is 37.5 Å². The Morgan fingerprint density at radius 1 is 1.06 bits per heavy atom. The first kappa shape index (κ1) is 13.4. The van der Waals surface area contributed by atoms with Crippen molar-refractivity contribution in [3.05, 3.63) is 0 Å². The molecular weight excluding hydrogens is 278 g/mol. The average Bonchev–Trinajstić information content (AvgIpc) is 2.74. The summed E-state index contributed by atoms with van der Waals surface area (Å²) in [5, 5.41) is 3.13. The Kier molecular flexibility index (Phi) is 5.33. The molecule has 0 radical (unpaired) electrons. The lowest BCUT2D eigenvalue weighted by molar-refractivity contribution is -0.122. The van der Waals surface area contributed by atoms with Crippen LogP contribution in [-0.2, 0) is 4.79 Å². The third-order valence-electron chi connectivity index (χ3n) is 4.33. The van der Waals surface area contributed by atoms with Gasteiger partial charge >= 0.3 is 0 Å². The molecule has 1 N–H and O–H groups in total. The normalized spacial score (nSPS) is 30.4. The van der Waals surface area contributed by atoms with Crippen LogP contribution in [-0.4, -0.2) is 17.3 Å². The Hall–Kier alpha value is -0.0500. The highest BCUT2D eigenvalue weighted by molar-refractivity contribution is 9.09. The van der Waals surface area contributed by atoms with Crippen LogP contribution in [0.15, 0.2) is 0 Å². The quantitative estimate of drug-likeness (QED) is 0.789. The van der Waals surface area contributed by atoms with Crippen molar-refractivity contribution in [3.63, 3.8) is 0 Å². The summed E-state index contributed by atoms with van der Waals surface area (Å²) in [6.45, 7) is 0.876. The van der Waals surface area contributed by atoms with E-state index >= 15 is 0 Å². The Bertz CT molecular complexity index is 251. The van der Waals surface area contributed by atoms with Crippen LogP contribution >= 0.6 is 15.9 Å². The van der Waals surface area contributed by atoms with Gasteiger partial charge in [-0.2, -0.15) is 0 Å². The minimum atomic E-state index is 0.281. The smallest absolute Gasteiger partial charge is 0.220 e. The van der Waals surface area contributed by atoms with Gasteiger partial charge in [0, 0.05) is 17.8 Å². The lowest BCUT2D eigenvalue weighted by Crippen LogP contribution is -2.32. The molecule has 2 atom stereocenters. The number of amides is 1. The van der Waals surface area contributed by atoms with Crippen LogP contribution in [0.3, 0.4) is 0 Å². The maximum atomic E-state index is 11.8. The number of alkyl halides is 1. The van der Waals surface area contributed by atoms with E-state index in [1.54, 1.807) is 0 Å². The van der Waals surface area contributed by atoms with Crippen molar-refractivity contribution < 1.29 is 4.79 Å². The molecule has 0 spiro atoms. The summed E-state index contributed by atoms with van der Waals surface area (Å²) in [7, 11) is 0. The molecule has 2 nitrogen and oxygen atoms in total. The largest absolute Gasteiger partial charge is 0.356 e. The van der Waals surface area contributed by atoms with E-state index in [-0.39, 0.29) is 5.91 Å². The summed E-state index contributed by atoms with van der Waals surface area (Å²) in [4.78, 5) is 12.5. The molecule has 2 rings (SSSR count). The van der Waals surface area contributed by atoms with Gasteiger partial charge in [-0.3, -0.25) is 4.79 Å².